The summed E-state index contributed by atoms with van der Waals surface area (Å²) in [6.45, 7) is 1.83. The predicted molar refractivity (Wildman–Crippen MR) is 54.9 cm³/mol. The summed E-state index contributed by atoms with van der Waals surface area (Å²) in [5.41, 5.74) is 0.545. The monoisotopic (exact) mass is 210 g/mol. The Bertz CT molecular complexity index is 558. The van der Waals surface area contributed by atoms with E-state index in [4.69, 9.17) is 11.6 Å². The van der Waals surface area contributed by atoms with Crippen LogP contribution >= 0.6 is 11.6 Å². The molecule has 0 aliphatic rings. The Kier molecular flexibility index (Phi) is 1.93. The average molecular weight is 211 g/mol. The molecule has 2 N–H and O–H groups in total. The lowest BCUT2D eigenvalue weighted by Crippen LogP contribution is -2.29. The van der Waals surface area contributed by atoms with E-state index in [0.29, 0.717) is 16.1 Å². The highest BCUT2D eigenvalue weighted by Crippen LogP contribution is 2.20. The van der Waals surface area contributed by atoms with Gasteiger partial charge in [0.15, 0.2) is 0 Å². The number of fused-ring (bicyclic) bond motifs is 1. The molecule has 4 nitrogen and oxygen atoms in total. The van der Waals surface area contributed by atoms with Crippen molar-refractivity contribution in [1.29, 1.82) is 0 Å². The van der Waals surface area contributed by atoms with Crippen LogP contribution in [0.1, 0.15) is 5.56 Å². The molecule has 1 heterocycles. The number of nitrogens with one attached hydrogen (secondary N) is 2. The van der Waals surface area contributed by atoms with Crippen LogP contribution in [0.3, 0.4) is 0 Å². The van der Waals surface area contributed by atoms with Crippen molar-refractivity contribution in [2.24, 2.45) is 0 Å². The third kappa shape index (κ3) is 1.24. The molecule has 5 heteroatoms. The van der Waals surface area contributed by atoms with Crippen molar-refractivity contribution >= 4 is 22.6 Å². The van der Waals surface area contributed by atoms with Crippen molar-refractivity contribution in [2.75, 3.05) is 0 Å². The fourth-order valence-electron chi connectivity index (χ4n) is 1.31. The summed E-state index contributed by atoms with van der Waals surface area (Å²) in [5, 5.41) is 0.416. The van der Waals surface area contributed by atoms with Gasteiger partial charge in [0.05, 0.1) is 16.1 Å². The molecule has 0 saturated carbocycles. The first-order chi connectivity index (χ1) is 6.59. The van der Waals surface area contributed by atoms with Crippen molar-refractivity contribution in [2.45, 2.75) is 6.92 Å². The number of aromatic nitrogens is 2. The molecular formula is C9H7ClN2O2. The second-order valence-corrected chi connectivity index (χ2v) is 3.43. The van der Waals surface area contributed by atoms with E-state index in [1.807, 2.05) is 6.92 Å². The molecule has 0 saturated heterocycles. The van der Waals surface area contributed by atoms with Crippen molar-refractivity contribution in [3.05, 3.63) is 43.4 Å². The van der Waals surface area contributed by atoms with Crippen molar-refractivity contribution < 1.29 is 0 Å². The third-order valence-electron chi connectivity index (χ3n) is 2.05. The van der Waals surface area contributed by atoms with E-state index in [0.717, 1.165) is 5.56 Å². The molecule has 14 heavy (non-hydrogen) atoms. The van der Waals surface area contributed by atoms with Crippen molar-refractivity contribution in [3.8, 4) is 0 Å². The minimum Gasteiger partial charge on any atom is -0.316 e. The lowest BCUT2D eigenvalue weighted by atomic mass is 10.2. The van der Waals surface area contributed by atoms with Crippen LogP contribution in [0.5, 0.6) is 0 Å². The Balaban J connectivity index is 3.09. The van der Waals surface area contributed by atoms with E-state index < -0.39 is 11.1 Å². The van der Waals surface area contributed by atoms with Gasteiger partial charge in [0.1, 0.15) is 0 Å². The molecule has 0 atom stereocenters. The van der Waals surface area contributed by atoms with Crippen LogP contribution in [0.25, 0.3) is 11.0 Å². The van der Waals surface area contributed by atoms with E-state index in [2.05, 4.69) is 9.97 Å². The maximum absolute atomic E-state index is 11.1. The van der Waals surface area contributed by atoms with Gasteiger partial charge in [0, 0.05) is 0 Å². The average Bonchev–Trinajstić information content (AvgIpc) is 2.15. The Labute approximate surface area is 83.5 Å². The summed E-state index contributed by atoms with van der Waals surface area (Å²) in [5.74, 6) is 0. The first-order valence-corrected chi connectivity index (χ1v) is 4.39. The topological polar surface area (TPSA) is 65.7 Å². The smallest absolute Gasteiger partial charge is 0.314 e. The highest BCUT2D eigenvalue weighted by molar-refractivity contribution is 6.34. The largest absolute Gasteiger partial charge is 0.316 e. The molecule has 0 unspecified atom stereocenters. The Morgan fingerprint density at radius 1 is 1.07 bits per heavy atom. The zero-order chi connectivity index (χ0) is 10.3. The molecule has 2 aromatic rings. The highest BCUT2D eigenvalue weighted by Gasteiger charge is 2.04. The van der Waals surface area contributed by atoms with Gasteiger partial charge >= 0.3 is 11.1 Å². The maximum Gasteiger partial charge on any atom is 0.314 e. The number of aromatic amines is 2. The van der Waals surface area contributed by atoms with Crippen LogP contribution in [0.2, 0.25) is 5.02 Å². The number of hydrogen-bond acceptors (Lipinski definition) is 2. The first-order valence-electron chi connectivity index (χ1n) is 4.01. The van der Waals surface area contributed by atoms with E-state index in [9.17, 15) is 9.59 Å². The lowest BCUT2D eigenvalue weighted by Gasteiger charge is -2.02. The zero-order valence-electron chi connectivity index (χ0n) is 7.35. The summed E-state index contributed by atoms with van der Waals surface area (Å²) in [7, 11) is 0. The fraction of sp³-hybridized carbons (Fsp3) is 0.111. The summed E-state index contributed by atoms with van der Waals surface area (Å²) in [6.07, 6.45) is 0. The molecule has 72 valence electrons. The van der Waals surface area contributed by atoms with Crippen LogP contribution in [0.15, 0.2) is 21.7 Å². The van der Waals surface area contributed by atoms with Crippen LogP contribution in [0, 0.1) is 6.92 Å². The van der Waals surface area contributed by atoms with Gasteiger partial charge in [-0.25, -0.2) is 0 Å². The van der Waals surface area contributed by atoms with Crippen LogP contribution < -0.4 is 11.1 Å². The van der Waals surface area contributed by atoms with Gasteiger partial charge in [-0.2, -0.15) is 0 Å². The molecule has 0 fully saturated rings. The quantitative estimate of drug-likeness (QED) is 0.642. The predicted octanol–water partition coefficient (Wildman–Crippen LogP) is 1.18. The third-order valence-corrected chi connectivity index (χ3v) is 2.36. The van der Waals surface area contributed by atoms with E-state index >= 15 is 0 Å². The molecule has 1 aromatic carbocycles. The van der Waals surface area contributed by atoms with Gasteiger partial charge in [0.25, 0.3) is 0 Å². The van der Waals surface area contributed by atoms with Gasteiger partial charge in [-0.15, -0.1) is 0 Å². The number of H-pyrrole nitrogens is 2. The second kappa shape index (κ2) is 2.99. The number of hydrogen-bond donors (Lipinski definition) is 2. The van der Waals surface area contributed by atoms with Gasteiger partial charge in [-0.1, -0.05) is 17.7 Å². The summed E-state index contributed by atoms with van der Waals surface area (Å²) in [4.78, 5) is 27.0. The molecule has 0 aliphatic heterocycles. The summed E-state index contributed by atoms with van der Waals surface area (Å²) >= 11 is 5.86. The number of rotatable bonds is 0. The fourth-order valence-corrected chi connectivity index (χ4v) is 1.51. The van der Waals surface area contributed by atoms with Crippen LogP contribution in [-0.2, 0) is 0 Å². The maximum atomic E-state index is 11.1. The molecule has 0 spiro atoms. The first kappa shape index (κ1) is 9.02. The Morgan fingerprint density at radius 2 is 1.64 bits per heavy atom. The molecule has 0 radical (unpaired) electrons. The van der Waals surface area contributed by atoms with Crippen molar-refractivity contribution in [1.82, 2.24) is 9.97 Å². The number of halogens is 1. The summed E-state index contributed by atoms with van der Waals surface area (Å²) in [6, 6.07) is 3.45. The minimum atomic E-state index is -0.690. The van der Waals surface area contributed by atoms with Gasteiger partial charge in [-0.05, 0) is 18.6 Å². The van der Waals surface area contributed by atoms with Gasteiger partial charge in [-0.3, -0.25) is 9.59 Å². The van der Waals surface area contributed by atoms with E-state index in [1.165, 1.54) is 0 Å². The molecule has 0 bridgehead atoms. The van der Waals surface area contributed by atoms with E-state index in [-0.39, 0.29) is 0 Å². The SMILES string of the molecule is Cc1ccc(Cl)c2[nH]c(=O)c(=O)[nH]c12. The number of aryl methyl sites for hydroxylation is 1. The second-order valence-electron chi connectivity index (χ2n) is 3.02. The molecule has 0 amide bonds. The molecular weight excluding hydrogens is 204 g/mol. The minimum absolute atomic E-state index is 0.416. The number of benzene rings is 1. The standard InChI is InChI=1S/C9H7ClN2O2/c1-4-2-3-5(10)7-6(4)11-8(13)9(14)12-7/h2-3H,1H3,(H,11,13)(H,12,14). The van der Waals surface area contributed by atoms with Crippen LogP contribution in [-0.4, -0.2) is 9.97 Å². The van der Waals surface area contributed by atoms with Gasteiger partial charge in [0.2, 0.25) is 0 Å². The molecule has 1 aromatic heterocycles. The Morgan fingerprint density at radius 3 is 2.29 bits per heavy atom. The lowest BCUT2D eigenvalue weighted by molar-refractivity contribution is 1.14. The molecule has 0 aliphatic carbocycles. The zero-order valence-corrected chi connectivity index (χ0v) is 8.11. The normalized spacial score (nSPS) is 10.7. The Hall–Kier alpha value is -1.55. The molecule has 2 rings (SSSR count). The summed E-state index contributed by atoms with van der Waals surface area (Å²) < 4.78 is 0. The van der Waals surface area contributed by atoms with E-state index in [1.54, 1.807) is 12.1 Å². The van der Waals surface area contributed by atoms with Crippen molar-refractivity contribution in [3.63, 3.8) is 0 Å². The van der Waals surface area contributed by atoms with Crippen LogP contribution in [0.4, 0.5) is 0 Å². The van der Waals surface area contributed by atoms with Gasteiger partial charge < -0.3 is 9.97 Å². The highest BCUT2D eigenvalue weighted by atomic mass is 35.5.